The molecule has 1 aromatic heterocycles. The van der Waals surface area contributed by atoms with Crippen LogP contribution in [0.15, 0.2) is 24.5 Å². The summed E-state index contributed by atoms with van der Waals surface area (Å²) in [6, 6.07) is 5.84. The third-order valence-electron chi connectivity index (χ3n) is 3.43. The highest BCUT2D eigenvalue weighted by Crippen LogP contribution is 2.26. The Morgan fingerprint density at radius 1 is 1.19 bits per heavy atom. The van der Waals surface area contributed by atoms with Gasteiger partial charge in [-0.25, -0.2) is 4.98 Å². The Bertz CT molecular complexity index is 563. The zero-order valence-electron chi connectivity index (χ0n) is 12.3. The average Bonchev–Trinajstić information content (AvgIpc) is 2.90. The first-order chi connectivity index (χ1) is 10.2. The lowest BCUT2D eigenvalue weighted by atomic mass is 10.0. The van der Waals surface area contributed by atoms with Crippen molar-refractivity contribution in [1.82, 2.24) is 20.1 Å². The van der Waals surface area contributed by atoms with Crippen LogP contribution < -0.4 is 5.32 Å². The second-order valence-electron chi connectivity index (χ2n) is 4.86. The molecule has 0 aliphatic heterocycles. The Morgan fingerprint density at radius 3 is 2.52 bits per heavy atom. The molecule has 1 atom stereocenters. The molecule has 1 N–H and O–H groups in total. The zero-order valence-corrected chi connectivity index (χ0v) is 13.8. The predicted octanol–water partition coefficient (Wildman–Crippen LogP) is 3.37. The third-order valence-corrected chi connectivity index (χ3v) is 4.14. The van der Waals surface area contributed by atoms with E-state index in [0.29, 0.717) is 10.0 Å². The second-order valence-corrected chi connectivity index (χ2v) is 5.67. The first-order valence-electron chi connectivity index (χ1n) is 7.18. The lowest BCUT2D eigenvalue weighted by Crippen LogP contribution is -2.34. The number of aromatic nitrogens is 3. The van der Waals surface area contributed by atoms with E-state index in [-0.39, 0.29) is 6.04 Å². The molecule has 1 heterocycles. The van der Waals surface area contributed by atoms with E-state index in [4.69, 9.17) is 23.2 Å². The van der Waals surface area contributed by atoms with Crippen LogP contribution in [-0.2, 0) is 19.4 Å². The summed E-state index contributed by atoms with van der Waals surface area (Å²) in [4.78, 5) is 4.34. The van der Waals surface area contributed by atoms with Gasteiger partial charge in [0.15, 0.2) is 0 Å². The minimum atomic E-state index is 0.224. The molecule has 2 rings (SSSR count). The molecule has 114 valence electrons. The van der Waals surface area contributed by atoms with Gasteiger partial charge in [0.05, 0.1) is 0 Å². The Balaban J connectivity index is 2.16. The minimum absolute atomic E-state index is 0.224. The molecule has 6 heteroatoms. The summed E-state index contributed by atoms with van der Waals surface area (Å²) >= 11 is 12.5. The zero-order chi connectivity index (χ0) is 15.2. The van der Waals surface area contributed by atoms with E-state index in [1.165, 1.54) is 0 Å². The van der Waals surface area contributed by atoms with Gasteiger partial charge in [-0.05, 0) is 37.6 Å². The van der Waals surface area contributed by atoms with Crippen molar-refractivity contribution < 1.29 is 0 Å². The highest BCUT2D eigenvalue weighted by atomic mass is 35.5. The van der Waals surface area contributed by atoms with E-state index in [0.717, 1.165) is 37.3 Å². The Hall–Kier alpha value is -1.10. The van der Waals surface area contributed by atoms with Crippen LogP contribution in [0.4, 0.5) is 0 Å². The van der Waals surface area contributed by atoms with E-state index in [2.05, 4.69) is 29.2 Å². The number of halogens is 2. The molecule has 0 saturated carbocycles. The lowest BCUT2D eigenvalue weighted by molar-refractivity contribution is 0.490. The molecule has 4 nitrogen and oxygen atoms in total. The van der Waals surface area contributed by atoms with Crippen molar-refractivity contribution in [3.05, 3.63) is 46.0 Å². The molecule has 2 aromatic rings. The normalized spacial score (nSPS) is 12.6. The topological polar surface area (TPSA) is 42.7 Å². The van der Waals surface area contributed by atoms with E-state index >= 15 is 0 Å². The van der Waals surface area contributed by atoms with Crippen molar-refractivity contribution in [3.8, 4) is 0 Å². The summed E-state index contributed by atoms with van der Waals surface area (Å²) in [5, 5.41) is 9.11. The quantitative estimate of drug-likeness (QED) is 0.848. The number of likely N-dealkylation sites (N-methyl/N-ethyl adjacent to an activating group) is 1. The molecule has 0 amide bonds. The van der Waals surface area contributed by atoms with Gasteiger partial charge < -0.3 is 5.32 Å². The molecular weight excluding hydrogens is 307 g/mol. The summed E-state index contributed by atoms with van der Waals surface area (Å²) in [5.74, 6) is 0.978. The van der Waals surface area contributed by atoms with E-state index in [9.17, 15) is 0 Å². The fraction of sp³-hybridized carbons (Fsp3) is 0.467. The number of hydrogen-bond donors (Lipinski definition) is 1. The summed E-state index contributed by atoms with van der Waals surface area (Å²) in [7, 11) is 0. The van der Waals surface area contributed by atoms with Crippen molar-refractivity contribution >= 4 is 23.2 Å². The standard InChI is InChI=1S/C15H20Cl2N4/c1-3-18-11(9-15-19-10-20-21(15)4-2)8-12-13(16)6-5-7-14(12)17/h5-7,10-11,18H,3-4,8-9H2,1-2H3. The van der Waals surface area contributed by atoms with Gasteiger partial charge in [0.1, 0.15) is 12.2 Å². The van der Waals surface area contributed by atoms with Crippen molar-refractivity contribution in [2.24, 2.45) is 0 Å². The highest BCUT2D eigenvalue weighted by Gasteiger charge is 2.16. The molecule has 0 radical (unpaired) electrons. The molecular formula is C15H20Cl2N4. The van der Waals surface area contributed by atoms with Crippen LogP contribution >= 0.6 is 23.2 Å². The van der Waals surface area contributed by atoms with Crippen LogP contribution in [0.2, 0.25) is 10.0 Å². The Kier molecular flexibility index (Phi) is 6.03. The summed E-state index contributed by atoms with van der Waals surface area (Å²) in [6.07, 6.45) is 3.16. The minimum Gasteiger partial charge on any atom is -0.313 e. The number of nitrogens with one attached hydrogen (secondary N) is 1. The van der Waals surface area contributed by atoms with Crippen LogP contribution in [0, 0.1) is 0 Å². The van der Waals surface area contributed by atoms with Crippen LogP contribution in [0.1, 0.15) is 25.2 Å². The average molecular weight is 327 g/mol. The SMILES string of the molecule is CCNC(Cc1c(Cl)cccc1Cl)Cc1ncnn1CC. The second kappa shape index (κ2) is 7.78. The van der Waals surface area contributed by atoms with Crippen LogP contribution in [-0.4, -0.2) is 27.4 Å². The van der Waals surface area contributed by atoms with Crippen LogP contribution in [0.3, 0.4) is 0 Å². The van der Waals surface area contributed by atoms with Crippen LogP contribution in [0.25, 0.3) is 0 Å². The van der Waals surface area contributed by atoms with Crippen molar-refractivity contribution in [2.75, 3.05) is 6.54 Å². The molecule has 0 bridgehead atoms. The van der Waals surface area contributed by atoms with Crippen molar-refractivity contribution in [1.29, 1.82) is 0 Å². The van der Waals surface area contributed by atoms with Crippen LogP contribution in [0.5, 0.6) is 0 Å². The maximum Gasteiger partial charge on any atom is 0.138 e. The number of aryl methyl sites for hydroxylation is 1. The van der Waals surface area contributed by atoms with E-state index in [1.54, 1.807) is 6.33 Å². The Morgan fingerprint density at radius 2 is 1.90 bits per heavy atom. The third kappa shape index (κ3) is 4.19. The van der Waals surface area contributed by atoms with Gasteiger partial charge in [-0.1, -0.05) is 36.2 Å². The summed E-state index contributed by atoms with van der Waals surface area (Å²) < 4.78 is 1.92. The van der Waals surface area contributed by atoms with E-state index < -0.39 is 0 Å². The number of benzene rings is 1. The lowest BCUT2D eigenvalue weighted by Gasteiger charge is -2.19. The number of rotatable bonds is 7. The highest BCUT2D eigenvalue weighted by molar-refractivity contribution is 6.36. The van der Waals surface area contributed by atoms with Crippen molar-refractivity contribution in [3.63, 3.8) is 0 Å². The molecule has 0 spiro atoms. The van der Waals surface area contributed by atoms with Gasteiger partial charge in [0.25, 0.3) is 0 Å². The monoisotopic (exact) mass is 326 g/mol. The van der Waals surface area contributed by atoms with Gasteiger partial charge in [-0.3, -0.25) is 4.68 Å². The van der Waals surface area contributed by atoms with Gasteiger partial charge in [-0.2, -0.15) is 5.10 Å². The maximum absolute atomic E-state index is 6.27. The summed E-state index contributed by atoms with van der Waals surface area (Å²) in [6.45, 7) is 5.85. The smallest absolute Gasteiger partial charge is 0.138 e. The molecule has 0 aliphatic carbocycles. The van der Waals surface area contributed by atoms with Crippen molar-refractivity contribution in [2.45, 2.75) is 39.3 Å². The van der Waals surface area contributed by atoms with E-state index in [1.807, 2.05) is 22.9 Å². The first-order valence-corrected chi connectivity index (χ1v) is 7.94. The fourth-order valence-corrected chi connectivity index (χ4v) is 2.96. The van der Waals surface area contributed by atoms with Gasteiger partial charge in [0, 0.05) is 29.1 Å². The molecule has 0 aliphatic rings. The number of hydrogen-bond acceptors (Lipinski definition) is 3. The van der Waals surface area contributed by atoms with Gasteiger partial charge >= 0.3 is 0 Å². The number of nitrogens with zero attached hydrogens (tertiary/aromatic N) is 3. The van der Waals surface area contributed by atoms with Gasteiger partial charge in [-0.15, -0.1) is 0 Å². The fourth-order valence-electron chi connectivity index (χ4n) is 2.41. The summed E-state index contributed by atoms with van der Waals surface area (Å²) in [5.41, 5.74) is 0.981. The molecule has 0 saturated heterocycles. The largest absolute Gasteiger partial charge is 0.313 e. The molecule has 1 unspecified atom stereocenters. The molecule has 1 aromatic carbocycles. The first kappa shape index (κ1) is 16.3. The molecule has 0 fully saturated rings. The van der Waals surface area contributed by atoms with Gasteiger partial charge in [0.2, 0.25) is 0 Å². The Labute approximate surface area is 135 Å². The molecule has 21 heavy (non-hydrogen) atoms. The maximum atomic E-state index is 6.27. The predicted molar refractivity (Wildman–Crippen MR) is 87.0 cm³/mol.